The van der Waals surface area contributed by atoms with Gasteiger partial charge in [0.15, 0.2) is 11.9 Å². The number of rotatable bonds is 7. The van der Waals surface area contributed by atoms with Crippen LogP contribution in [-0.4, -0.2) is 40.6 Å². The van der Waals surface area contributed by atoms with Crippen LogP contribution in [0.1, 0.15) is 12.7 Å². The summed E-state index contributed by atoms with van der Waals surface area (Å²) >= 11 is 0. The highest BCUT2D eigenvalue weighted by Gasteiger charge is 2.20. The van der Waals surface area contributed by atoms with Crippen molar-refractivity contribution in [1.29, 1.82) is 0 Å². The maximum absolute atomic E-state index is 13.8. The van der Waals surface area contributed by atoms with Crippen molar-refractivity contribution in [3.8, 4) is 17.2 Å². The minimum atomic E-state index is -0.614. The summed E-state index contributed by atoms with van der Waals surface area (Å²) in [6.07, 6.45) is -0.227. The average molecular weight is 369 g/mol. The number of nitrogens with zero attached hydrogens (tertiary/aromatic N) is 3. The van der Waals surface area contributed by atoms with Crippen molar-refractivity contribution < 1.29 is 18.4 Å². The van der Waals surface area contributed by atoms with Gasteiger partial charge in [0.25, 0.3) is 11.8 Å². The fourth-order valence-corrected chi connectivity index (χ4v) is 2.54. The number of hydrogen-bond acceptors (Lipinski definition) is 5. The third kappa shape index (κ3) is 4.69. The summed E-state index contributed by atoms with van der Waals surface area (Å²) in [6, 6.07) is 15.4. The second-order valence-electron chi connectivity index (χ2n) is 6.08. The third-order valence-corrected chi connectivity index (χ3v) is 4.02. The summed E-state index contributed by atoms with van der Waals surface area (Å²) in [6.45, 7) is 2.09. The Morgan fingerprint density at radius 3 is 2.63 bits per heavy atom. The van der Waals surface area contributed by atoms with E-state index in [1.165, 1.54) is 6.07 Å². The number of carbonyl (C=O) groups is 1. The van der Waals surface area contributed by atoms with Crippen molar-refractivity contribution in [3.63, 3.8) is 0 Å². The molecule has 27 heavy (non-hydrogen) atoms. The summed E-state index contributed by atoms with van der Waals surface area (Å²) in [5.74, 6) is 0.588. The summed E-state index contributed by atoms with van der Waals surface area (Å²) in [7, 11) is 1.69. The minimum Gasteiger partial charge on any atom is -0.481 e. The minimum absolute atomic E-state index is 0.123. The van der Waals surface area contributed by atoms with E-state index in [2.05, 4.69) is 10.1 Å². The standard InChI is InChI=1S/C20H20FN3O3/c1-14(26-15-8-4-3-5-9-15)20(25)24(2)13-12-18-22-19(27-23-18)16-10-6-7-11-17(16)21/h3-11,14H,12-13H2,1-2H3. The topological polar surface area (TPSA) is 68.5 Å². The first-order valence-electron chi connectivity index (χ1n) is 8.59. The van der Waals surface area contributed by atoms with Gasteiger partial charge < -0.3 is 14.2 Å². The van der Waals surface area contributed by atoms with Gasteiger partial charge in [-0.3, -0.25) is 4.79 Å². The molecule has 0 aliphatic carbocycles. The van der Waals surface area contributed by atoms with Crippen LogP contribution in [0.4, 0.5) is 4.39 Å². The number of amides is 1. The molecule has 0 bridgehead atoms. The summed E-state index contributed by atoms with van der Waals surface area (Å²) in [5, 5.41) is 3.86. The van der Waals surface area contributed by atoms with Crippen LogP contribution < -0.4 is 4.74 Å². The van der Waals surface area contributed by atoms with Gasteiger partial charge in [-0.1, -0.05) is 35.5 Å². The van der Waals surface area contributed by atoms with Crippen LogP contribution in [0.3, 0.4) is 0 Å². The van der Waals surface area contributed by atoms with E-state index in [9.17, 15) is 9.18 Å². The smallest absolute Gasteiger partial charge is 0.263 e. The number of aromatic nitrogens is 2. The Labute approximate surface area is 156 Å². The van der Waals surface area contributed by atoms with E-state index in [-0.39, 0.29) is 17.4 Å². The van der Waals surface area contributed by atoms with Gasteiger partial charge in [0.2, 0.25) is 0 Å². The molecule has 1 unspecified atom stereocenters. The number of carbonyl (C=O) groups excluding carboxylic acids is 1. The van der Waals surface area contributed by atoms with Gasteiger partial charge >= 0.3 is 0 Å². The van der Waals surface area contributed by atoms with E-state index in [0.717, 1.165) is 0 Å². The molecule has 3 aromatic rings. The molecule has 0 fully saturated rings. The van der Waals surface area contributed by atoms with Crippen molar-refractivity contribution in [1.82, 2.24) is 15.0 Å². The predicted octanol–water partition coefficient (Wildman–Crippen LogP) is 3.34. The van der Waals surface area contributed by atoms with Crippen molar-refractivity contribution in [2.75, 3.05) is 13.6 Å². The first-order chi connectivity index (χ1) is 13.0. The fraction of sp³-hybridized carbons (Fsp3) is 0.250. The second-order valence-corrected chi connectivity index (χ2v) is 6.08. The first kappa shape index (κ1) is 18.6. The van der Waals surface area contributed by atoms with E-state index in [1.54, 1.807) is 49.2 Å². The molecule has 1 aromatic heterocycles. The molecule has 1 atom stereocenters. The highest BCUT2D eigenvalue weighted by molar-refractivity contribution is 5.80. The van der Waals surface area contributed by atoms with Crippen LogP contribution in [0.2, 0.25) is 0 Å². The molecule has 0 aliphatic rings. The van der Waals surface area contributed by atoms with Crippen molar-refractivity contribution in [3.05, 3.63) is 66.2 Å². The molecule has 7 heteroatoms. The van der Waals surface area contributed by atoms with Crippen molar-refractivity contribution in [2.45, 2.75) is 19.4 Å². The van der Waals surface area contributed by atoms with E-state index < -0.39 is 11.9 Å². The van der Waals surface area contributed by atoms with Gasteiger partial charge in [-0.15, -0.1) is 0 Å². The Kier molecular flexibility index (Phi) is 5.80. The molecule has 3 rings (SSSR count). The zero-order valence-electron chi connectivity index (χ0n) is 15.1. The predicted molar refractivity (Wildman–Crippen MR) is 97.6 cm³/mol. The molecule has 6 nitrogen and oxygen atoms in total. The molecular formula is C20H20FN3O3. The maximum atomic E-state index is 13.8. The molecule has 0 spiro atoms. The quantitative estimate of drug-likeness (QED) is 0.639. The number of halogens is 1. The lowest BCUT2D eigenvalue weighted by molar-refractivity contribution is -0.136. The molecule has 2 aromatic carbocycles. The number of likely N-dealkylation sites (N-methyl/N-ethyl adjacent to an activating group) is 1. The Bertz CT molecular complexity index is 898. The van der Waals surface area contributed by atoms with Crippen molar-refractivity contribution in [2.24, 2.45) is 0 Å². The van der Waals surface area contributed by atoms with Gasteiger partial charge in [-0.2, -0.15) is 4.98 Å². The van der Waals surface area contributed by atoms with Gasteiger partial charge in [0, 0.05) is 20.0 Å². The molecule has 0 saturated heterocycles. The van der Waals surface area contributed by atoms with Gasteiger partial charge in [-0.05, 0) is 31.2 Å². The lowest BCUT2D eigenvalue weighted by Crippen LogP contribution is -2.39. The zero-order valence-corrected chi connectivity index (χ0v) is 15.1. The number of ether oxygens (including phenoxy) is 1. The maximum Gasteiger partial charge on any atom is 0.263 e. The zero-order chi connectivity index (χ0) is 19.2. The van der Waals surface area contributed by atoms with Gasteiger partial charge in [0.05, 0.1) is 5.56 Å². The largest absolute Gasteiger partial charge is 0.481 e. The Hall–Kier alpha value is -3.22. The SMILES string of the molecule is CC(Oc1ccccc1)C(=O)N(C)CCc1noc(-c2ccccc2F)n1. The fourth-order valence-electron chi connectivity index (χ4n) is 2.54. The van der Waals surface area contributed by atoms with E-state index in [0.29, 0.717) is 24.5 Å². The second kappa shape index (κ2) is 8.44. The average Bonchev–Trinajstić information content (AvgIpc) is 3.15. The van der Waals surface area contributed by atoms with E-state index >= 15 is 0 Å². The molecule has 0 radical (unpaired) electrons. The lowest BCUT2D eigenvalue weighted by Gasteiger charge is -2.21. The van der Waals surface area contributed by atoms with Crippen LogP contribution in [-0.2, 0) is 11.2 Å². The molecule has 0 N–H and O–H groups in total. The van der Waals surface area contributed by atoms with E-state index in [4.69, 9.17) is 9.26 Å². The van der Waals surface area contributed by atoms with Gasteiger partial charge in [-0.25, -0.2) is 4.39 Å². The highest BCUT2D eigenvalue weighted by atomic mass is 19.1. The first-order valence-corrected chi connectivity index (χ1v) is 8.59. The molecule has 140 valence electrons. The molecule has 0 aliphatic heterocycles. The molecule has 1 heterocycles. The number of para-hydroxylation sites is 1. The molecule has 1 amide bonds. The third-order valence-electron chi connectivity index (χ3n) is 4.02. The number of benzene rings is 2. The van der Waals surface area contributed by atoms with Crippen molar-refractivity contribution >= 4 is 5.91 Å². The Morgan fingerprint density at radius 1 is 1.19 bits per heavy atom. The van der Waals surface area contributed by atoms with E-state index in [1.807, 2.05) is 18.2 Å². The normalized spacial score (nSPS) is 11.8. The van der Waals surface area contributed by atoms with Crippen LogP contribution in [0.25, 0.3) is 11.5 Å². The van der Waals surface area contributed by atoms with Crippen LogP contribution in [0.5, 0.6) is 5.75 Å². The molecular weight excluding hydrogens is 349 g/mol. The Balaban J connectivity index is 1.55. The van der Waals surface area contributed by atoms with Crippen LogP contribution >= 0.6 is 0 Å². The Morgan fingerprint density at radius 2 is 1.89 bits per heavy atom. The van der Waals surface area contributed by atoms with Crippen LogP contribution in [0, 0.1) is 5.82 Å². The van der Waals surface area contributed by atoms with Gasteiger partial charge in [0.1, 0.15) is 11.6 Å². The summed E-state index contributed by atoms with van der Waals surface area (Å²) in [4.78, 5) is 18.2. The highest BCUT2D eigenvalue weighted by Crippen LogP contribution is 2.20. The summed E-state index contributed by atoms with van der Waals surface area (Å²) < 4.78 is 24.5. The summed E-state index contributed by atoms with van der Waals surface area (Å²) in [5.41, 5.74) is 0.255. The number of hydrogen-bond donors (Lipinski definition) is 0. The van der Waals surface area contributed by atoms with Crippen LogP contribution in [0.15, 0.2) is 59.1 Å². The molecule has 0 saturated carbocycles. The lowest BCUT2D eigenvalue weighted by atomic mass is 10.2. The monoisotopic (exact) mass is 369 g/mol.